The van der Waals surface area contributed by atoms with Crippen LogP contribution in [0.3, 0.4) is 0 Å². The van der Waals surface area contributed by atoms with E-state index >= 15 is 0 Å². The minimum atomic E-state index is -0.796. The van der Waals surface area contributed by atoms with Gasteiger partial charge < -0.3 is 19.4 Å². The second-order valence-corrected chi connectivity index (χ2v) is 1.92. The quantitative estimate of drug-likeness (QED) is 0.478. The lowest BCUT2D eigenvalue weighted by Gasteiger charge is -2.03. The summed E-state index contributed by atoms with van der Waals surface area (Å²) >= 11 is 0. The molecule has 0 aliphatic heterocycles. The predicted octanol–water partition coefficient (Wildman–Crippen LogP) is 0.191. The molecule has 0 aliphatic rings. The number of aliphatic hydroxyl groups excluding tert-OH is 1. The molecule has 68 valence electrons. The first kappa shape index (κ1) is 13.2. The molecule has 0 fully saturated rings. The molecule has 0 aromatic heterocycles. The Labute approximate surface area is 67.1 Å². The van der Waals surface area contributed by atoms with Gasteiger partial charge in [0.15, 0.2) is 6.29 Å². The van der Waals surface area contributed by atoms with E-state index in [1.807, 2.05) is 6.92 Å². The molecule has 0 spiro atoms. The molecule has 0 aromatic carbocycles. The van der Waals surface area contributed by atoms with E-state index in [0.29, 0.717) is 6.29 Å². The Morgan fingerprint density at radius 3 is 1.55 bits per heavy atom. The molecule has 0 amide bonds. The average Bonchev–Trinajstić information content (AvgIpc) is 2.04. The number of carbonyl (C=O) groups excluding carboxylic acids is 1. The van der Waals surface area contributed by atoms with Gasteiger partial charge >= 0.3 is 0 Å². The van der Waals surface area contributed by atoms with Crippen molar-refractivity contribution < 1.29 is 19.4 Å². The number of carbonyl (C=O) groups is 1. The van der Waals surface area contributed by atoms with Crippen molar-refractivity contribution in [3.05, 3.63) is 0 Å². The first-order valence-electron chi connectivity index (χ1n) is 3.27. The second kappa shape index (κ2) is 9.55. The minimum absolute atomic E-state index is 0.0648. The number of ether oxygens (including phenoxy) is 2. The summed E-state index contributed by atoms with van der Waals surface area (Å²) in [4.78, 5) is 9.25. The van der Waals surface area contributed by atoms with Gasteiger partial charge in [0.1, 0.15) is 12.4 Å². The molecule has 0 heterocycles. The summed E-state index contributed by atoms with van der Waals surface area (Å²) in [5, 5.41) is 7.99. The monoisotopic (exact) mass is 164 g/mol. The lowest BCUT2D eigenvalue weighted by atomic mass is 10.5. The Morgan fingerprint density at radius 1 is 1.27 bits per heavy atom. The van der Waals surface area contributed by atoms with Crippen LogP contribution >= 0.6 is 0 Å². The highest BCUT2D eigenvalue weighted by Crippen LogP contribution is 1.82. The van der Waals surface area contributed by atoms with Crippen molar-refractivity contribution in [2.45, 2.75) is 26.2 Å². The summed E-state index contributed by atoms with van der Waals surface area (Å²) in [6, 6.07) is 0. The summed E-state index contributed by atoms with van der Waals surface area (Å²) in [6.07, 6.45) is -0.389. The minimum Gasteiger partial charge on any atom is -0.386 e. The first-order valence-corrected chi connectivity index (χ1v) is 3.27. The molecule has 0 bridgehead atoms. The third-order valence-corrected chi connectivity index (χ3v) is 0.861. The van der Waals surface area contributed by atoms with Gasteiger partial charge in [0.2, 0.25) is 0 Å². The lowest BCUT2D eigenvalue weighted by Crippen LogP contribution is -2.05. The van der Waals surface area contributed by atoms with E-state index in [2.05, 4.69) is 9.47 Å². The van der Waals surface area contributed by atoms with Crippen molar-refractivity contribution in [2.75, 3.05) is 14.2 Å². The SMILES string of the molecule is CC(O)C=O.COC(C)OC. The van der Waals surface area contributed by atoms with E-state index in [4.69, 9.17) is 5.11 Å². The normalized spacial score (nSPS) is 11.8. The van der Waals surface area contributed by atoms with E-state index < -0.39 is 6.10 Å². The number of aldehydes is 1. The molecule has 1 N–H and O–H groups in total. The largest absolute Gasteiger partial charge is 0.386 e. The van der Waals surface area contributed by atoms with E-state index in [-0.39, 0.29) is 6.29 Å². The maximum atomic E-state index is 9.25. The van der Waals surface area contributed by atoms with E-state index in [9.17, 15) is 4.79 Å². The zero-order valence-corrected chi connectivity index (χ0v) is 7.40. The molecule has 1 unspecified atom stereocenters. The second-order valence-electron chi connectivity index (χ2n) is 1.92. The molecule has 0 aromatic rings. The molecule has 0 saturated carbocycles. The smallest absolute Gasteiger partial charge is 0.154 e. The summed E-state index contributed by atoms with van der Waals surface area (Å²) in [5.74, 6) is 0. The third-order valence-electron chi connectivity index (χ3n) is 0.861. The van der Waals surface area contributed by atoms with Gasteiger partial charge in [0.05, 0.1) is 0 Å². The molecule has 1 atom stereocenters. The number of aliphatic hydroxyl groups is 1. The molecule has 0 saturated heterocycles. The van der Waals surface area contributed by atoms with Gasteiger partial charge in [-0.15, -0.1) is 0 Å². The Kier molecular flexibility index (Phi) is 11.4. The fourth-order valence-electron chi connectivity index (χ4n) is 0.0962. The van der Waals surface area contributed by atoms with Crippen LogP contribution < -0.4 is 0 Å². The standard InChI is InChI=1S/C4H10O2.C3H6O2/c1-4(5-2)6-3;1-3(5)2-4/h4H,1-3H3;2-3,5H,1H3. The van der Waals surface area contributed by atoms with Crippen molar-refractivity contribution in [1.29, 1.82) is 0 Å². The van der Waals surface area contributed by atoms with Gasteiger partial charge in [-0.1, -0.05) is 0 Å². The van der Waals surface area contributed by atoms with Gasteiger partial charge in [-0.2, -0.15) is 0 Å². The Hall–Kier alpha value is -0.450. The van der Waals surface area contributed by atoms with E-state index in [0.717, 1.165) is 0 Å². The van der Waals surface area contributed by atoms with Crippen LogP contribution in [0.25, 0.3) is 0 Å². The number of rotatable bonds is 3. The highest BCUT2D eigenvalue weighted by molar-refractivity contribution is 5.54. The van der Waals surface area contributed by atoms with Crippen LogP contribution in [0.5, 0.6) is 0 Å². The van der Waals surface area contributed by atoms with E-state index in [1.165, 1.54) is 6.92 Å². The summed E-state index contributed by atoms with van der Waals surface area (Å²) in [6.45, 7) is 3.24. The lowest BCUT2D eigenvalue weighted by molar-refractivity contribution is -0.114. The topological polar surface area (TPSA) is 55.8 Å². The highest BCUT2D eigenvalue weighted by atomic mass is 16.7. The van der Waals surface area contributed by atoms with Gasteiger partial charge in [0, 0.05) is 14.2 Å². The summed E-state index contributed by atoms with van der Waals surface area (Å²) < 4.78 is 9.35. The summed E-state index contributed by atoms with van der Waals surface area (Å²) in [7, 11) is 3.21. The van der Waals surface area contributed by atoms with Gasteiger partial charge in [0.25, 0.3) is 0 Å². The van der Waals surface area contributed by atoms with Gasteiger partial charge in [-0.3, -0.25) is 0 Å². The van der Waals surface area contributed by atoms with Crippen LogP contribution in [-0.2, 0) is 14.3 Å². The zero-order valence-electron chi connectivity index (χ0n) is 7.40. The molecule has 0 radical (unpaired) electrons. The van der Waals surface area contributed by atoms with Crippen molar-refractivity contribution in [2.24, 2.45) is 0 Å². The number of hydrogen-bond acceptors (Lipinski definition) is 4. The Morgan fingerprint density at radius 2 is 1.55 bits per heavy atom. The number of hydrogen-bond donors (Lipinski definition) is 1. The van der Waals surface area contributed by atoms with Crippen LogP contribution in [0.4, 0.5) is 0 Å². The summed E-state index contributed by atoms with van der Waals surface area (Å²) in [5.41, 5.74) is 0. The Balaban J connectivity index is 0. The van der Waals surface area contributed by atoms with Crippen LogP contribution in [0.2, 0.25) is 0 Å². The fraction of sp³-hybridized carbons (Fsp3) is 0.857. The predicted molar refractivity (Wildman–Crippen MR) is 41.2 cm³/mol. The van der Waals surface area contributed by atoms with Crippen molar-refractivity contribution in [3.63, 3.8) is 0 Å². The number of methoxy groups -OCH3 is 2. The fourth-order valence-corrected chi connectivity index (χ4v) is 0.0962. The van der Waals surface area contributed by atoms with Crippen LogP contribution in [0, 0.1) is 0 Å². The molecule has 4 nitrogen and oxygen atoms in total. The Bertz CT molecular complexity index is 78.5. The average molecular weight is 164 g/mol. The molecule has 4 heteroatoms. The van der Waals surface area contributed by atoms with Crippen LogP contribution in [0.15, 0.2) is 0 Å². The first-order chi connectivity index (χ1) is 5.08. The van der Waals surface area contributed by atoms with Crippen LogP contribution in [0.1, 0.15) is 13.8 Å². The molecular formula is C7H16O4. The van der Waals surface area contributed by atoms with Gasteiger partial charge in [-0.25, -0.2) is 0 Å². The third kappa shape index (κ3) is 17.7. The molecule has 0 aliphatic carbocycles. The highest BCUT2D eigenvalue weighted by Gasteiger charge is 1.87. The van der Waals surface area contributed by atoms with Gasteiger partial charge in [-0.05, 0) is 13.8 Å². The van der Waals surface area contributed by atoms with Crippen molar-refractivity contribution in [3.8, 4) is 0 Å². The molecule has 0 rings (SSSR count). The zero-order chi connectivity index (χ0) is 9.28. The maximum Gasteiger partial charge on any atom is 0.154 e. The molecule has 11 heavy (non-hydrogen) atoms. The van der Waals surface area contributed by atoms with Crippen molar-refractivity contribution in [1.82, 2.24) is 0 Å². The van der Waals surface area contributed by atoms with Crippen LogP contribution in [-0.4, -0.2) is 38.0 Å². The van der Waals surface area contributed by atoms with Crippen molar-refractivity contribution >= 4 is 6.29 Å². The van der Waals surface area contributed by atoms with E-state index in [1.54, 1.807) is 14.2 Å². The molecular weight excluding hydrogens is 148 g/mol. The maximum absolute atomic E-state index is 9.25.